The second-order valence-corrected chi connectivity index (χ2v) is 8.46. The molecule has 4 nitrogen and oxygen atoms in total. The maximum Gasteiger partial charge on any atom is 0.0802 e. The van der Waals surface area contributed by atoms with Crippen LogP contribution in [-0.4, -0.2) is 45.9 Å². The fraction of sp³-hybridized carbons (Fsp3) is 1.00. The minimum absolute atomic E-state index is 0.0463. The summed E-state index contributed by atoms with van der Waals surface area (Å²) in [6.45, 7) is 16.7. The van der Waals surface area contributed by atoms with Crippen LogP contribution in [0.15, 0.2) is 0 Å². The molecule has 0 aromatic carbocycles. The van der Waals surface area contributed by atoms with Crippen molar-refractivity contribution in [1.82, 2.24) is 15.8 Å². The summed E-state index contributed by atoms with van der Waals surface area (Å²) >= 11 is 0. The van der Waals surface area contributed by atoms with Crippen LogP contribution in [-0.2, 0) is 0 Å². The van der Waals surface area contributed by atoms with Crippen molar-refractivity contribution in [3.05, 3.63) is 0 Å². The lowest BCUT2D eigenvalue weighted by atomic mass is 9.81. The van der Waals surface area contributed by atoms with Crippen molar-refractivity contribution in [2.24, 2.45) is 0 Å². The van der Waals surface area contributed by atoms with E-state index in [0.717, 1.165) is 0 Å². The molecule has 0 aromatic rings. The van der Waals surface area contributed by atoms with Crippen molar-refractivity contribution in [2.75, 3.05) is 13.1 Å². The quantitative estimate of drug-likeness (QED) is 0.725. The number of β-amino-alcohol motifs (C(OH)–C–C–N with tert-alkyl or cyclic N) is 1. The Kier molecular flexibility index (Phi) is 5.64. The first-order valence-electron chi connectivity index (χ1n) is 7.91. The van der Waals surface area contributed by atoms with E-state index >= 15 is 0 Å². The normalized spacial score (nSPS) is 24.6. The van der Waals surface area contributed by atoms with Gasteiger partial charge in [-0.3, -0.25) is 5.43 Å². The lowest BCUT2D eigenvalue weighted by molar-refractivity contribution is -0.0772. The highest BCUT2D eigenvalue weighted by atomic mass is 16.3. The van der Waals surface area contributed by atoms with Gasteiger partial charge in [0.1, 0.15) is 0 Å². The van der Waals surface area contributed by atoms with Crippen LogP contribution >= 0.6 is 0 Å². The first-order valence-corrected chi connectivity index (χ1v) is 7.91. The molecule has 1 rings (SSSR count). The molecule has 3 N–H and O–H groups in total. The smallest absolute Gasteiger partial charge is 0.0802 e. The maximum atomic E-state index is 10.1. The molecule has 0 radical (unpaired) electrons. The predicted octanol–water partition coefficient (Wildman–Crippen LogP) is 2.28. The van der Waals surface area contributed by atoms with Gasteiger partial charge in [-0.15, -0.1) is 0 Å². The molecule has 120 valence electrons. The fourth-order valence-electron chi connectivity index (χ4n) is 3.12. The molecule has 1 heterocycles. The van der Waals surface area contributed by atoms with Gasteiger partial charge in [0.2, 0.25) is 0 Å². The van der Waals surface area contributed by atoms with Crippen molar-refractivity contribution in [2.45, 2.75) is 90.4 Å². The molecule has 1 fully saturated rings. The minimum Gasteiger partial charge on any atom is -0.390 e. The van der Waals surface area contributed by atoms with Crippen molar-refractivity contribution in [1.29, 1.82) is 0 Å². The number of hydrogen-bond donors (Lipinski definition) is 3. The topological polar surface area (TPSA) is 47.5 Å². The average Bonchev–Trinajstić information content (AvgIpc) is 2.22. The van der Waals surface area contributed by atoms with Crippen LogP contribution in [0.3, 0.4) is 0 Å². The molecule has 1 saturated heterocycles. The van der Waals surface area contributed by atoms with Crippen molar-refractivity contribution < 1.29 is 5.11 Å². The van der Waals surface area contributed by atoms with E-state index in [9.17, 15) is 5.11 Å². The van der Waals surface area contributed by atoms with Crippen LogP contribution < -0.4 is 10.7 Å². The van der Waals surface area contributed by atoms with E-state index in [-0.39, 0.29) is 22.7 Å². The van der Waals surface area contributed by atoms with Crippen LogP contribution in [0.4, 0.5) is 0 Å². The van der Waals surface area contributed by atoms with Crippen LogP contribution in [0.2, 0.25) is 0 Å². The molecule has 1 atom stereocenters. The molecule has 1 unspecified atom stereocenters. The Morgan fingerprint density at radius 2 is 1.55 bits per heavy atom. The SMILES string of the molecule is CC(C)(C)NCC(O)CNN1C(C)(C)CCCC1(C)C. The minimum atomic E-state index is -0.372. The summed E-state index contributed by atoms with van der Waals surface area (Å²) in [6.07, 6.45) is 3.29. The standard InChI is InChI=1S/C16H35N3O/c1-14(2,3)17-11-13(20)12-18-19-15(4,5)9-8-10-16(19,6)7/h13,17-18,20H,8-12H2,1-7H3. The Bertz CT molecular complexity index is 291. The number of hydrogen-bond acceptors (Lipinski definition) is 4. The van der Waals surface area contributed by atoms with Crippen LogP contribution in [0, 0.1) is 0 Å². The van der Waals surface area contributed by atoms with Gasteiger partial charge in [-0.25, -0.2) is 5.01 Å². The second-order valence-electron chi connectivity index (χ2n) is 8.46. The summed E-state index contributed by atoms with van der Waals surface area (Å²) in [7, 11) is 0. The lowest BCUT2D eigenvalue weighted by Crippen LogP contribution is -2.65. The van der Waals surface area contributed by atoms with E-state index in [1.807, 2.05) is 0 Å². The van der Waals surface area contributed by atoms with Gasteiger partial charge >= 0.3 is 0 Å². The Balaban J connectivity index is 2.49. The van der Waals surface area contributed by atoms with Gasteiger partial charge in [0.15, 0.2) is 0 Å². The molecular formula is C16H35N3O. The van der Waals surface area contributed by atoms with Gasteiger partial charge in [0.25, 0.3) is 0 Å². The number of aliphatic hydroxyl groups excluding tert-OH is 1. The largest absolute Gasteiger partial charge is 0.390 e. The Morgan fingerprint density at radius 1 is 1.05 bits per heavy atom. The van der Waals surface area contributed by atoms with E-state index in [1.54, 1.807) is 0 Å². The van der Waals surface area contributed by atoms with E-state index in [2.05, 4.69) is 64.2 Å². The molecule has 0 bridgehead atoms. The zero-order valence-electron chi connectivity index (χ0n) is 14.5. The zero-order valence-corrected chi connectivity index (χ0v) is 14.5. The summed E-state index contributed by atoms with van der Waals surface area (Å²) in [4.78, 5) is 0. The van der Waals surface area contributed by atoms with Gasteiger partial charge in [-0.2, -0.15) is 0 Å². The Labute approximate surface area is 125 Å². The number of rotatable bonds is 5. The molecular weight excluding hydrogens is 250 g/mol. The molecule has 20 heavy (non-hydrogen) atoms. The number of nitrogens with zero attached hydrogens (tertiary/aromatic N) is 1. The van der Waals surface area contributed by atoms with Crippen LogP contribution in [0.1, 0.15) is 67.7 Å². The number of piperidine rings is 1. The molecule has 0 amide bonds. The maximum absolute atomic E-state index is 10.1. The van der Waals surface area contributed by atoms with E-state index in [1.165, 1.54) is 19.3 Å². The van der Waals surface area contributed by atoms with Gasteiger partial charge in [0.05, 0.1) is 6.10 Å². The average molecular weight is 285 g/mol. The monoisotopic (exact) mass is 285 g/mol. The van der Waals surface area contributed by atoms with Crippen molar-refractivity contribution >= 4 is 0 Å². The highest BCUT2D eigenvalue weighted by Gasteiger charge is 2.41. The molecule has 1 aliphatic rings. The summed E-state index contributed by atoms with van der Waals surface area (Å²) in [5.41, 5.74) is 3.80. The van der Waals surface area contributed by atoms with E-state index in [0.29, 0.717) is 13.1 Å². The number of hydrazine groups is 1. The molecule has 0 aromatic heterocycles. The molecule has 1 aliphatic heterocycles. The highest BCUT2D eigenvalue weighted by Crippen LogP contribution is 2.36. The second kappa shape index (κ2) is 6.30. The number of aliphatic hydroxyl groups is 1. The lowest BCUT2D eigenvalue weighted by Gasteiger charge is -2.53. The molecule has 0 spiro atoms. The third-order valence-electron chi connectivity index (χ3n) is 4.14. The Hall–Kier alpha value is -0.160. The van der Waals surface area contributed by atoms with Gasteiger partial charge in [-0.1, -0.05) is 0 Å². The summed E-state index contributed by atoms with van der Waals surface area (Å²) in [6, 6.07) is 0. The van der Waals surface area contributed by atoms with E-state index < -0.39 is 0 Å². The number of nitrogens with one attached hydrogen (secondary N) is 2. The molecule has 4 heteroatoms. The molecule has 0 saturated carbocycles. The fourth-order valence-corrected chi connectivity index (χ4v) is 3.12. The first kappa shape index (κ1) is 17.9. The predicted molar refractivity (Wildman–Crippen MR) is 85.6 cm³/mol. The zero-order chi connectivity index (χ0) is 15.6. The van der Waals surface area contributed by atoms with Crippen LogP contribution in [0.25, 0.3) is 0 Å². The highest BCUT2D eigenvalue weighted by molar-refractivity contribution is 4.95. The summed E-state index contributed by atoms with van der Waals surface area (Å²) in [5.74, 6) is 0. The summed E-state index contributed by atoms with van der Waals surface area (Å²) < 4.78 is 0. The Morgan fingerprint density at radius 3 is 2.00 bits per heavy atom. The summed E-state index contributed by atoms with van der Waals surface area (Å²) in [5, 5.41) is 15.8. The van der Waals surface area contributed by atoms with Gasteiger partial charge in [-0.05, 0) is 67.7 Å². The van der Waals surface area contributed by atoms with Crippen molar-refractivity contribution in [3.63, 3.8) is 0 Å². The van der Waals surface area contributed by atoms with Crippen molar-refractivity contribution in [3.8, 4) is 0 Å². The third kappa shape index (κ3) is 5.32. The van der Waals surface area contributed by atoms with E-state index in [4.69, 9.17) is 0 Å². The first-order chi connectivity index (χ1) is 8.94. The van der Waals surface area contributed by atoms with Gasteiger partial charge < -0.3 is 10.4 Å². The third-order valence-corrected chi connectivity index (χ3v) is 4.14. The molecule has 0 aliphatic carbocycles. The van der Waals surface area contributed by atoms with Gasteiger partial charge in [0, 0.05) is 29.7 Å². The van der Waals surface area contributed by atoms with Crippen LogP contribution in [0.5, 0.6) is 0 Å².